The Morgan fingerprint density at radius 1 is 1.50 bits per heavy atom. The van der Waals surface area contributed by atoms with Gasteiger partial charge in [0.25, 0.3) is 0 Å². The van der Waals surface area contributed by atoms with E-state index in [1.165, 1.54) is 12.1 Å². The van der Waals surface area contributed by atoms with Crippen LogP contribution in [0.2, 0.25) is 0 Å². The maximum Gasteiger partial charge on any atom is 0.335 e. The molecule has 0 aliphatic rings. The molecule has 0 heterocycles. The first-order valence-electron chi connectivity index (χ1n) is 5.60. The molecule has 1 N–H and O–H groups in total. The highest BCUT2D eigenvalue weighted by Gasteiger charge is 2.10. The molecule has 0 radical (unpaired) electrons. The van der Waals surface area contributed by atoms with Crippen LogP contribution >= 0.6 is 0 Å². The van der Waals surface area contributed by atoms with Crippen LogP contribution in [-0.2, 0) is 6.42 Å². The highest BCUT2D eigenvalue weighted by Crippen LogP contribution is 2.20. The molecular weight excluding hydrogens is 232 g/mol. The average Bonchev–Trinajstić information content (AvgIpc) is 2.29. The maximum atomic E-state index is 11.1. The predicted octanol–water partition coefficient (Wildman–Crippen LogP) is 2.82. The Bertz CT molecular complexity index is 479. The molecule has 18 heavy (non-hydrogen) atoms. The van der Waals surface area contributed by atoms with E-state index in [0.717, 1.165) is 13.0 Å². The van der Waals surface area contributed by atoms with E-state index in [1.807, 2.05) is 19.0 Å². The lowest BCUT2D eigenvalue weighted by atomic mass is 10.0. The number of azide groups is 1. The van der Waals surface area contributed by atoms with Crippen LogP contribution < -0.4 is 0 Å². The molecule has 6 nitrogen and oxygen atoms in total. The Kier molecular flexibility index (Phi) is 5.17. The van der Waals surface area contributed by atoms with Crippen LogP contribution in [0.3, 0.4) is 0 Å². The van der Waals surface area contributed by atoms with Crippen LogP contribution in [0.5, 0.6) is 0 Å². The van der Waals surface area contributed by atoms with Crippen molar-refractivity contribution in [1.82, 2.24) is 4.90 Å². The first-order chi connectivity index (χ1) is 8.54. The summed E-state index contributed by atoms with van der Waals surface area (Å²) in [5.74, 6) is -0.956. The van der Waals surface area contributed by atoms with E-state index in [0.29, 0.717) is 17.7 Å². The van der Waals surface area contributed by atoms with Crippen LogP contribution in [0.25, 0.3) is 10.4 Å². The molecule has 0 aliphatic heterocycles. The molecule has 6 heteroatoms. The number of benzene rings is 1. The van der Waals surface area contributed by atoms with Gasteiger partial charge >= 0.3 is 5.97 Å². The van der Waals surface area contributed by atoms with Crippen molar-refractivity contribution in [3.05, 3.63) is 39.8 Å². The minimum absolute atomic E-state index is 0.269. The summed E-state index contributed by atoms with van der Waals surface area (Å²) < 4.78 is 0. The molecular formula is C12H16N4O2. The largest absolute Gasteiger partial charge is 0.478 e. The fraction of sp³-hybridized carbons (Fsp3) is 0.417. The van der Waals surface area contributed by atoms with Gasteiger partial charge in [0.1, 0.15) is 0 Å². The zero-order valence-electron chi connectivity index (χ0n) is 10.5. The minimum Gasteiger partial charge on any atom is -0.478 e. The van der Waals surface area contributed by atoms with Crippen LogP contribution in [0.15, 0.2) is 23.3 Å². The molecule has 1 rings (SSSR count). The van der Waals surface area contributed by atoms with Gasteiger partial charge in [-0.15, -0.1) is 0 Å². The van der Waals surface area contributed by atoms with Crippen molar-refractivity contribution in [2.24, 2.45) is 5.11 Å². The first kappa shape index (κ1) is 14.0. The molecule has 0 aliphatic carbocycles. The van der Waals surface area contributed by atoms with Gasteiger partial charge in [-0.1, -0.05) is 11.2 Å². The van der Waals surface area contributed by atoms with E-state index >= 15 is 0 Å². The molecule has 0 spiro atoms. The first-order valence-corrected chi connectivity index (χ1v) is 5.60. The molecule has 0 amide bonds. The maximum absolute atomic E-state index is 11.1. The van der Waals surface area contributed by atoms with Crippen molar-refractivity contribution in [3.8, 4) is 0 Å². The Balaban J connectivity index is 2.92. The molecule has 96 valence electrons. The summed E-state index contributed by atoms with van der Waals surface area (Å²) in [6.45, 7) is 0.880. The second kappa shape index (κ2) is 6.64. The minimum atomic E-state index is -0.956. The number of nitrogens with zero attached hydrogens (tertiary/aromatic N) is 4. The van der Waals surface area contributed by atoms with Crippen molar-refractivity contribution in [2.75, 3.05) is 20.6 Å². The lowest BCUT2D eigenvalue weighted by Crippen LogP contribution is -2.14. The number of aromatic carboxylic acids is 1. The molecule has 0 aromatic heterocycles. The SMILES string of the molecule is CN(C)CCCc1cc(N=[N+]=[N-])ccc1C(=O)O. The average molecular weight is 248 g/mol. The molecule has 0 bridgehead atoms. The van der Waals surface area contributed by atoms with Gasteiger partial charge in [0.05, 0.1) is 5.56 Å². The predicted molar refractivity (Wildman–Crippen MR) is 69.1 cm³/mol. The van der Waals surface area contributed by atoms with Gasteiger partial charge in [-0.25, -0.2) is 4.79 Å². The summed E-state index contributed by atoms with van der Waals surface area (Å²) in [6.07, 6.45) is 1.50. The zero-order chi connectivity index (χ0) is 13.5. The fourth-order valence-electron chi connectivity index (χ4n) is 1.70. The van der Waals surface area contributed by atoms with Crippen molar-refractivity contribution in [2.45, 2.75) is 12.8 Å². The molecule has 1 aromatic rings. The summed E-state index contributed by atoms with van der Waals surface area (Å²) in [6, 6.07) is 4.63. The number of carbonyl (C=O) groups is 1. The normalized spacial score (nSPS) is 10.2. The van der Waals surface area contributed by atoms with Crippen molar-refractivity contribution < 1.29 is 9.90 Å². The van der Waals surface area contributed by atoms with Crippen molar-refractivity contribution in [1.29, 1.82) is 0 Å². The quantitative estimate of drug-likeness (QED) is 0.477. The lowest BCUT2D eigenvalue weighted by Gasteiger charge is -2.10. The zero-order valence-corrected chi connectivity index (χ0v) is 10.5. The Hall–Kier alpha value is -2.04. The smallest absolute Gasteiger partial charge is 0.335 e. The molecule has 1 aromatic carbocycles. The number of aryl methyl sites for hydroxylation is 1. The van der Waals surface area contributed by atoms with Gasteiger partial charge in [-0.2, -0.15) is 0 Å². The monoisotopic (exact) mass is 248 g/mol. The van der Waals surface area contributed by atoms with Gasteiger partial charge < -0.3 is 10.0 Å². The second-order valence-electron chi connectivity index (χ2n) is 4.24. The fourth-order valence-corrected chi connectivity index (χ4v) is 1.70. The summed E-state index contributed by atoms with van der Waals surface area (Å²) >= 11 is 0. The Morgan fingerprint density at radius 2 is 2.22 bits per heavy atom. The van der Waals surface area contributed by atoms with Crippen LogP contribution in [0.1, 0.15) is 22.3 Å². The Morgan fingerprint density at radius 3 is 2.78 bits per heavy atom. The molecule has 0 fully saturated rings. The lowest BCUT2D eigenvalue weighted by molar-refractivity contribution is 0.0695. The van der Waals surface area contributed by atoms with Crippen LogP contribution in [0.4, 0.5) is 5.69 Å². The van der Waals surface area contributed by atoms with Crippen molar-refractivity contribution >= 4 is 11.7 Å². The molecule has 0 atom stereocenters. The van der Waals surface area contributed by atoms with Gasteiger partial charge in [0.15, 0.2) is 0 Å². The van der Waals surface area contributed by atoms with E-state index in [4.69, 9.17) is 10.6 Å². The van der Waals surface area contributed by atoms with E-state index in [2.05, 4.69) is 10.0 Å². The summed E-state index contributed by atoms with van der Waals surface area (Å²) in [5.41, 5.74) is 9.79. The standard InChI is InChI=1S/C12H16N4O2/c1-16(2)7-3-4-9-8-10(14-15-13)5-6-11(9)12(17)18/h5-6,8H,3-4,7H2,1-2H3,(H,17,18). The third-order valence-electron chi connectivity index (χ3n) is 2.53. The molecule has 0 saturated heterocycles. The second-order valence-corrected chi connectivity index (χ2v) is 4.24. The van der Waals surface area contributed by atoms with E-state index in [1.54, 1.807) is 6.07 Å². The van der Waals surface area contributed by atoms with Gasteiger partial charge in [-0.05, 0) is 56.7 Å². The number of hydrogen-bond donors (Lipinski definition) is 1. The van der Waals surface area contributed by atoms with Gasteiger partial charge in [-0.3, -0.25) is 0 Å². The Labute approximate surface area is 105 Å². The summed E-state index contributed by atoms with van der Waals surface area (Å²) in [5, 5.41) is 12.6. The van der Waals surface area contributed by atoms with Gasteiger partial charge in [0, 0.05) is 10.6 Å². The summed E-state index contributed by atoms with van der Waals surface area (Å²) in [4.78, 5) is 15.8. The number of carboxylic acids is 1. The van der Waals surface area contributed by atoms with E-state index in [-0.39, 0.29) is 5.56 Å². The van der Waals surface area contributed by atoms with Crippen molar-refractivity contribution in [3.63, 3.8) is 0 Å². The van der Waals surface area contributed by atoms with Crippen LogP contribution in [0, 0.1) is 0 Å². The molecule has 0 unspecified atom stereocenters. The van der Waals surface area contributed by atoms with E-state index < -0.39 is 5.97 Å². The summed E-state index contributed by atoms with van der Waals surface area (Å²) in [7, 11) is 3.93. The molecule has 0 saturated carbocycles. The van der Waals surface area contributed by atoms with Crippen LogP contribution in [-0.4, -0.2) is 36.6 Å². The third kappa shape index (κ3) is 4.08. The van der Waals surface area contributed by atoms with Gasteiger partial charge in [0.2, 0.25) is 0 Å². The highest BCUT2D eigenvalue weighted by atomic mass is 16.4. The number of hydrogen-bond acceptors (Lipinski definition) is 3. The third-order valence-corrected chi connectivity index (χ3v) is 2.53. The highest BCUT2D eigenvalue weighted by molar-refractivity contribution is 5.89. The topological polar surface area (TPSA) is 89.3 Å². The van der Waals surface area contributed by atoms with E-state index in [9.17, 15) is 4.79 Å². The number of rotatable bonds is 6. The number of carboxylic acid groups (broad SMARTS) is 1.